The zero-order valence-electron chi connectivity index (χ0n) is 27.3. The van der Waals surface area contributed by atoms with Gasteiger partial charge in [-0.1, -0.05) is 139 Å². The van der Waals surface area contributed by atoms with Gasteiger partial charge in [-0.2, -0.15) is 8.42 Å². The molecule has 0 spiro atoms. The molecular weight excluding hydrogens is 638 g/mol. The smallest absolute Gasteiger partial charge is 0.284 e. The summed E-state index contributed by atoms with van der Waals surface area (Å²) in [6, 6.07) is 47.8. The molecule has 0 unspecified atom stereocenters. The molecule has 0 amide bonds. The number of nitrogens with one attached hydrogen (secondary N) is 1. The molecule has 1 N–H and O–H groups in total. The Bertz CT molecular complexity index is 1920. The molecule has 8 heteroatoms. The van der Waals surface area contributed by atoms with E-state index in [9.17, 15) is 8.42 Å². The zero-order valence-corrected chi connectivity index (χ0v) is 29.9. The molecular formula is C39H40N3O2PS2. The van der Waals surface area contributed by atoms with Gasteiger partial charge in [-0.15, -0.1) is 4.40 Å². The maximum Gasteiger partial charge on any atom is 0.284 e. The highest BCUT2D eigenvalue weighted by Gasteiger charge is 2.36. The third-order valence-electron chi connectivity index (χ3n) is 7.65. The van der Waals surface area contributed by atoms with Crippen molar-refractivity contribution in [3.63, 3.8) is 0 Å². The topological polar surface area (TPSA) is 61.8 Å². The van der Waals surface area contributed by atoms with Gasteiger partial charge in [0.1, 0.15) is 0 Å². The van der Waals surface area contributed by atoms with Gasteiger partial charge in [0.25, 0.3) is 10.0 Å². The SMILES string of the molecule is Cc1ccc(S(=O)(=O)N=C(C(c2ccccc2)=P(c2ccccc2)(c2ccccc2)c2ccccc2)N(C)C(=S)NC(C)(C)C)cc1. The van der Waals surface area contributed by atoms with Crippen molar-refractivity contribution in [2.24, 2.45) is 4.40 Å². The summed E-state index contributed by atoms with van der Waals surface area (Å²) >= 11 is 6.00. The average Bonchev–Trinajstić information content (AvgIpc) is 3.07. The van der Waals surface area contributed by atoms with Gasteiger partial charge in [-0.25, -0.2) is 0 Å². The third kappa shape index (κ3) is 7.49. The van der Waals surface area contributed by atoms with Crippen molar-refractivity contribution in [1.82, 2.24) is 10.2 Å². The molecule has 0 radical (unpaired) electrons. The molecule has 240 valence electrons. The second-order valence-corrected chi connectivity index (χ2v) is 17.7. The number of amidine groups is 1. The Hall–Kier alpha value is -4.29. The van der Waals surface area contributed by atoms with Crippen LogP contribution in [-0.4, -0.2) is 42.1 Å². The largest absolute Gasteiger partial charge is 0.358 e. The summed E-state index contributed by atoms with van der Waals surface area (Å²) in [5.41, 5.74) is 1.42. The summed E-state index contributed by atoms with van der Waals surface area (Å²) in [6.45, 7) is 5.10. The van der Waals surface area contributed by atoms with Gasteiger partial charge < -0.3 is 10.2 Å². The van der Waals surface area contributed by atoms with Crippen LogP contribution in [0.3, 0.4) is 0 Å². The Morgan fingerprint density at radius 1 is 0.681 bits per heavy atom. The second kappa shape index (κ2) is 14.2. The summed E-state index contributed by atoms with van der Waals surface area (Å²) in [7, 11) is -2.41. The monoisotopic (exact) mass is 677 g/mol. The highest BCUT2D eigenvalue weighted by atomic mass is 32.2. The fraction of sp³-hybridized carbons (Fsp3) is 0.154. The summed E-state index contributed by atoms with van der Waals surface area (Å²) < 4.78 is 33.5. The van der Waals surface area contributed by atoms with E-state index in [2.05, 4.69) is 41.7 Å². The molecule has 5 aromatic carbocycles. The molecule has 0 aliphatic heterocycles. The number of rotatable bonds is 7. The van der Waals surface area contributed by atoms with Gasteiger partial charge in [0.15, 0.2) is 10.9 Å². The predicted molar refractivity (Wildman–Crippen MR) is 205 cm³/mol. The summed E-state index contributed by atoms with van der Waals surface area (Å²) in [5.74, 6) is 0.253. The molecule has 0 fully saturated rings. The fourth-order valence-corrected chi connectivity index (χ4v) is 11.5. The number of hydrogen-bond donors (Lipinski definition) is 1. The van der Waals surface area contributed by atoms with Crippen molar-refractivity contribution in [1.29, 1.82) is 0 Å². The summed E-state index contributed by atoms with van der Waals surface area (Å²) in [5, 5.41) is 7.69. The lowest BCUT2D eigenvalue weighted by molar-refractivity contribution is 0.493. The first-order chi connectivity index (χ1) is 22.4. The Morgan fingerprint density at radius 3 is 1.49 bits per heavy atom. The van der Waals surface area contributed by atoms with Crippen LogP contribution in [0.5, 0.6) is 0 Å². The summed E-state index contributed by atoms with van der Waals surface area (Å²) in [4.78, 5) is 1.83. The maximum absolute atomic E-state index is 14.4. The molecule has 5 rings (SSSR count). The predicted octanol–water partition coefficient (Wildman–Crippen LogP) is 6.90. The number of nitrogens with zero attached hydrogens (tertiary/aromatic N) is 2. The number of thiocarbonyl (C=S) groups is 1. The maximum atomic E-state index is 14.4. The average molecular weight is 678 g/mol. The standard InChI is InChI=1S/C39H40N3O2PS2/c1-30-26-28-35(29-27-30)47(43,44)41-37(42(5)38(46)40-39(2,3)4)36(31-18-10-6-11-19-31)45(32-20-12-7-13-21-32,33-22-14-8-15-23-33)34-24-16-9-17-25-34/h6-29H,1-5H3,(H,40,46). The Morgan fingerprint density at radius 2 is 1.09 bits per heavy atom. The normalized spacial score (nSPS) is 12.3. The fourth-order valence-electron chi connectivity index (χ4n) is 5.50. The van der Waals surface area contributed by atoms with Crippen LogP contribution in [0.2, 0.25) is 0 Å². The van der Waals surface area contributed by atoms with E-state index in [-0.39, 0.29) is 16.3 Å². The Kier molecular flexibility index (Phi) is 10.3. The lowest BCUT2D eigenvalue weighted by Crippen LogP contribution is -2.51. The van der Waals surface area contributed by atoms with Crippen LogP contribution in [-0.2, 0) is 10.0 Å². The number of sulfonamides is 1. The lowest BCUT2D eigenvalue weighted by Gasteiger charge is -2.36. The lowest BCUT2D eigenvalue weighted by atomic mass is 10.1. The number of likely N-dealkylation sites (N-methyl/N-ethyl adjacent to an activating group) is 1. The molecule has 0 aliphatic carbocycles. The van der Waals surface area contributed by atoms with E-state index in [1.165, 1.54) is 0 Å². The molecule has 0 bridgehead atoms. The van der Waals surface area contributed by atoms with Crippen LogP contribution >= 0.6 is 19.1 Å². The number of hydrogen-bond acceptors (Lipinski definition) is 3. The van der Waals surface area contributed by atoms with E-state index in [1.807, 2.05) is 113 Å². The zero-order chi connectivity index (χ0) is 33.7. The van der Waals surface area contributed by atoms with Crippen LogP contribution in [0.1, 0.15) is 31.9 Å². The van der Waals surface area contributed by atoms with Crippen LogP contribution in [0.25, 0.3) is 0 Å². The molecule has 0 atom stereocenters. The molecule has 47 heavy (non-hydrogen) atoms. The van der Waals surface area contributed by atoms with Crippen molar-refractivity contribution in [2.75, 3.05) is 7.05 Å². The minimum atomic E-state index is -4.20. The van der Waals surface area contributed by atoms with Crippen molar-refractivity contribution >= 4 is 61.3 Å². The van der Waals surface area contributed by atoms with E-state index in [4.69, 9.17) is 16.6 Å². The molecule has 0 saturated heterocycles. The van der Waals surface area contributed by atoms with Gasteiger partial charge >= 0.3 is 0 Å². The molecule has 0 aliphatic rings. The third-order valence-corrected chi connectivity index (χ3v) is 13.7. The molecule has 0 saturated carbocycles. The minimum Gasteiger partial charge on any atom is -0.358 e. The Balaban J connectivity index is 2.07. The minimum absolute atomic E-state index is 0.110. The van der Waals surface area contributed by atoms with Gasteiger partial charge in [0.2, 0.25) is 0 Å². The van der Waals surface area contributed by atoms with Crippen molar-refractivity contribution in [2.45, 2.75) is 38.1 Å². The number of benzene rings is 5. The van der Waals surface area contributed by atoms with Gasteiger partial charge in [0, 0.05) is 17.9 Å². The van der Waals surface area contributed by atoms with E-state index >= 15 is 0 Å². The van der Waals surface area contributed by atoms with E-state index in [0.29, 0.717) is 5.11 Å². The highest BCUT2D eigenvalue weighted by molar-refractivity contribution is 7.97. The number of aryl methyl sites for hydroxylation is 1. The first-order valence-electron chi connectivity index (χ1n) is 15.4. The summed E-state index contributed by atoms with van der Waals surface area (Å²) in [6.07, 6.45) is 0. The second-order valence-electron chi connectivity index (χ2n) is 12.3. The van der Waals surface area contributed by atoms with Gasteiger partial charge in [0.05, 0.1) is 4.90 Å². The van der Waals surface area contributed by atoms with Gasteiger partial charge in [-0.05, 0) is 80.4 Å². The van der Waals surface area contributed by atoms with E-state index in [0.717, 1.165) is 32.3 Å². The first-order valence-corrected chi connectivity index (χ1v) is 19.0. The van der Waals surface area contributed by atoms with Crippen LogP contribution < -0.4 is 21.2 Å². The van der Waals surface area contributed by atoms with Crippen molar-refractivity contribution in [3.8, 4) is 0 Å². The van der Waals surface area contributed by atoms with Crippen LogP contribution in [0.4, 0.5) is 0 Å². The Labute approximate surface area is 285 Å². The van der Waals surface area contributed by atoms with E-state index < -0.39 is 16.9 Å². The molecule has 5 nitrogen and oxygen atoms in total. The van der Waals surface area contributed by atoms with Crippen LogP contribution in [0.15, 0.2) is 155 Å². The molecule has 0 heterocycles. The first kappa shape index (κ1) is 34.1. The molecule has 0 aromatic heterocycles. The van der Waals surface area contributed by atoms with Crippen molar-refractivity contribution in [3.05, 3.63) is 157 Å². The molecule has 5 aromatic rings. The quantitative estimate of drug-likeness (QED) is 0.0880. The van der Waals surface area contributed by atoms with Gasteiger partial charge in [-0.3, -0.25) is 0 Å². The van der Waals surface area contributed by atoms with Crippen molar-refractivity contribution < 1.29 is 8.42 Å². The van der Waals surface area contributed by atoms with Crippen LogP contribution in [0, 0.1) is 6.92 Å². The van der Waals surface area contributed by atoms with E-state index in [1.54, 1.807) is 36.2 Å². The highest BCUT2D eigenvalue weighted by Crippen LogP contribution is 2.48.